The van der Waals surface area contributed by atoms with E-state index < -0.39 is 10.0 Å². The molecule has 0 bridgehead atoms. The number of halogens is 1. The van der Waals surface area contributed by atoms with Crippen LogP contribution < -0.4 is 14.8 Å². The van der Waals surface area contributed by atoms with E-state index >= 15 is 0 Å². The Hall–Kier alpha value is -0.820. The van der Waals surface area contributed by atoms with Crippen LogP contribution in [-0.4, -0.2) is 35.2 Å². The molecule has 0 spiro atoms. The van der Waals surface area contributed by atoms with E-state index in [1.807, 2.05) is 0 Å². The molecule has 1 atom stereocenters. The molecule has 0 amide bonds. The van der Waals surface area contributed by atoms with Crippen LogP contribution in [0.1, 0.15) is 12.8 Å². The third-order valence-electron chi connectivity index (χ3n) is 3.39. The number of methoxy groups -OCH3 is 1. The summed E-state index contributed by atoms with van der Waals surface area (Å²) in [6.07, 6.45) is 2.12. The zero-order valence-corrected chi connectivity index (χ0v) is 12.9. The second kappa shape index (κ2) is 6.76. The molecule has 1 fully saturated rings. The quantitative estimate of drug-likeness (QED) is 0.866. The number of rotatable bonds is 5. The molecular formula is C13H19ClN2O3S. The lowest BCUT2D eigenvalue weighted by Gasteiger charge is -2.22. The first kappa shape index (κ1) is 15.6. The van der Waals surface area contributed by atoms with Crippen molar-refractivity contribution in [2.24, 2.45) is 5.92 Å². The molecule has 0 unspecified atom stereocenters. The van der Waals surface area contributed by atoms with E-state index in [1.54, 1.807) is 6.07 Å². The van der Waals surface area contributed by atoms with Gasteiger partial charge in [-0.15, -0.1) is 0 Å². The van der Waals surface area contributed by atoms with Crippen LogP contribution in [-0.2, 0) is 10.0 Å². The van der Waals surface area contributed by atoms with Crippen molar-refractivity contribution in [1.29, 1.82) is 0 Å². The fourth-order valence-corrected chi connectivity index (χ4v) is 3.69. The molecule has 1 aromatic rings. The summed E-state index contributed by atoms with van der Waals surface area (Å²) in [6, 6.07) is 4.45. The van der Waals surface area contributed by atoms with Crippen molar-refractivity contribution in [3.63, 3.8) is 0 Å². The van der Waals surface area contributed by atoms with Crippen LogP contribution in [0.5, 0.6) is 5.75 Å². The molecule has 1 aromatic carbocycles. The molecule has 1 saturated heterocycles. The van der Waals surface area contributed by atoms with Gasteiger partial charge in [-0.3, -0.25) is 0 Å². The molecule has 1 heterocycles. The highest BCUT2D eigenvalue weighted by Crippen LogP contribution is 2.26. The Kier molecular flexibility index (Phi) is 5.26. The van der Waals surface area contributed by atoms with Gasteiger partial charge in [-0.2, -0.15) is 0 Å². The highest BCUT2D eigenvalue weighted by molar-refractivity contribution is 7.89. The fourth-order valence-electron chi connectivity index (χ4n) is 2.22. The normalized spacial score (nSPS) is 19.8. The molecule has 112 valence electrons. The topological polar surface area (TPSA) is 67.4 Å². The molecule has 0 radical (unpaired) electrons. The lowest BCUT2D eigenvalue weighted by molar-refractivity contribution is 0.376. The van der Waals surface area contributed by atoms with Gasteiger partial charge in [0.15, 0.2) is 0 Å². The van der Waals surface area contributed by atoms with E-state index in [0.29, 0.717) is 18.2 Å². The summed E-state index contributed by atoms with van der Waals surface area (Å²) in [4.78, 5) is 0.159. The van der Waals surface area contributed by atoms with Gasteiger partial charge in [-0.25, -0.2) is 13.1 Å². The first-order valence-electron chi connectivity index (χ1n) is 6.57. The van der Waals surface area contributed by atoms with Crippen molar-refractivity contribution < 1.29 is 13.2 Å². The van der Waals surface area contributed by atoms with Crippen LogP contribution in [0.3, 0.4) is 0 Å². The van der Waals surface area contributed by atoms with Crippen LogP contribution in [0.4, 0.5) is 0 Å². The predicted octanol–water partition coefficient (Wildman–Crippen LogP) is 1.63. The number of hydrogen-bond acceptors (Lipinski definition) is 4. The number of sulfonamides is 1. The summed E-state index contributed by atoms with van der Waals surface area (Å²) in [6.45, 7) is 2.31. The molecule has 7 heteroatoms. The number of ether oxygens (including phenoxy) is 1. The van der Waals surface area contributed by atoms with E-state index in [1.165, 1.54) is 19.2 Å². The number of piperidine rings is 1. The molecule has 2 N–H and O–H groups in total. The minimum Gasteiger partial charge on any atom is -0.495 e. The first-order valence-corrected chi connectivity index (χ1v) is 8.43. The van der Waals surface area contributed by atoms with Crippen molar-refractivity contribution >= 4 is 21.6 Å². The third-order valence-corrected chi connectivity index (χ3v) is 5.11. The largest absolute Gasteiger partial charge is 0.495 e. The van der Waals surface area contributed by atoms with E-state index in [9.17, 15) is 8.42 Å². The monoisotopic (exact) mass is 318 g/mol. The van der Waals surface area contributed by atoms with Crippen LogP contribution in [0, 0.1) is 5.92 Å². The second-order valence-electron chi connectivity index (χ2n) is 4.86. The molecule has 0 aromatic heterocycles. The van der Waals surface area contributed by atoms with Gasteiger partial charge in [-0.05, 0) is 50.0 Å². The predicted molar refractivity (Wildman–Crippen MR) is 78.8 cm³/mol. The zero-order valence-electron chi connectivity index (χ0n) is 11.4. The second-order valence-corrected chi connectivity index (χ2v) is 7.03. The van der Waals surface area contributed by atoms with Gasteiger partial charge < -0.3 is 10.1 Å². The Morgan fingerprint density at radius 1 is 1.50 bits per heavy atom. The van der Waals surface area contributed by atoms with Crippen molar-refractivity contribution in [1.82, 2.24) is 10.0 Å². The summed E-state index contributed by atoms with van der Waals surface area (Å²) in [5.74, 6) is 0.800. The summed E-state index contributed by atoms with van der Waals surface area (Å²) in [5.41, 5.74) is 0. The van der Waals surface area contributed by atoms with Gasteiger partial charge in [0.05, 0.1) is 17.0 Å². The maximum atomic E-state index is 12.2. The van der Waals surface area contributed by atoms with Crippen LogP contribution in [0.25, 0.3) is 0 Å². The molecule has 20 heavy (non-hydrogen) atoms. The lowest BCUT2D eigenvalue weighted by Crippen LogP contribution is -2.38. The zero-order chi connectivity index (χ0) is 14.6. The van der Waals surface area contributed by atoms with E-state index in [-0.39, 0.29) is 9.92 Å². The minimum atomic E-state index is -3.52. The van der Waals surface area contributed by atoms with Crippen LogP contribution >= 0.6 is 11.6 Å². The third kappa shape index (κ3) is 3.85. The van der Waals surface area contributed by atoms with E-state index in [0.717, 1.165) is 25.9 Å². The molecule has 0 aliphatic carbocycles. The van der Waals surface area contributed by atoms with Gasteiger partial charge in [0.1, 0.15) is 5.75 Å². The average Bonchev–Trinajstić information content (AvgIpc) is 2.46. The van der Waals surface area contributed by atoms with Crippen molar-refractivity contribution in [3.8, 4) is 5.75 Å². The highest BCUT2D eigenvalue weighted by Gasteiger charge is 2.19. The van der Waals surface area contributed by atoms with Crippen LogP contribution in [0.2, 0.25) is 5.02 Å². The number of nitrogens with one attached hydrogen (secondary N) is 2. The summed E-state index contributed by atoms with van der Waals surface area (Å²) in [7, 11) is -2.04. The van der Waals surface area contributed by atoms with Crippen LogP contribution in [0.15, 0.2) is 23.1 Å². The standard InChI is InChI=1S/C13H19ClN2O3S/c1-19-13-5-4-11(7-12(13)14)20(17,18)16-9-10-3-2-6-15-8-10/h4-5,7,10,15-16H,2-3,6,8-9H2,1H3/t10-/m1/s1. The Balaban J connectivity index is 2.04. The maximum Gasteiger partial charge on any atom is 0.240 e. The van der Waals surface area contributed by atoms with Gasteiger partial charge >= 0.3 is 0 Å². The van der Waals surface area contributed by atoms with Crippen molar-refractivity contribution in [3.05, 3.63) is 23.2 Å². The maximum absolute atomic E-state index is 12.2. The fraction of sp³-hybridized carbons (Fsp3) is 0.538. The van der Waals surface area contributed by atoms with Gasteiger partial charge in [0, 0.05) is 6.54 Å². The van der Waals surface area contributed by atoms with Gasteiger partial charge in [0.25, 0.3) is 0 Å². The minimum absolute atomic E-state index is 0.159. The Morgan fingerprint density at radius 2 is 2.30 bits per heavy atom. The van der Waals surface area contributed by atoms with Gasteiger partial charge in [0.2, 0.25) is 10.0 Å². The molecule has 1 aliphatic heterocycles. The Labute approximate surface area is 124 Å². The first-order chi connectivity index (χ1) is 9.53. The summed E-state index contributed by atoms with van der Waals surface area (Å²) >= 11 is 5.96. The van der Waals surface area contributed by atoms with E-state index in [2.05, 4.69) is 10.0 Å². The Bertz CT molecular complexity index is 557. The number of hydrogen-bond donors (Lipinski definition) is 2. The molecule has 1 aliphatic rings. The molecule has 2 rings (SSSR count). The lowest BCUT2D eigenvalue weighted by atomic mass is 10.0. The molecule has 5 nitrogen and oxygen atoms in total. The van der Waals surface area contributed by atoms with Gasteiger partial charge in [-0.1, -0.05) is 11.6 Å². The van der Waals surface area contributed by atoms with E-state index in [4.69, 9.17) is 16.3 Å². The molecular weight excluding hydrogens is 300 g/mol. The van der Waals surface area contributed by atoms with Crippen molar-refractivity contribution in [2.75, 3.05) is 26.7 Å². The summed E-state index contributed by atoms with van der Waals surface area (Å²) in [5, 5.41) is 3.55. The molecule has 0 saturated carbocycles. The SMILES string of the molecule is COc1ccc(S(=O)(=O)NC[C@@H]2CCCNC2)cc1Cl. The smallest absolute Gasteiger partial charge is 0.240 e. The number of benzene rings is 1. The average molecular weight is 319 g/mol. The Morgan fingerprint density at radius 3 is 2.90 bits per heavy atom. The highest BCUT2D eigenvalue weighted by atomic mass is 35.5. The van der Waals surface area contributed by atoms with Crippen molar-refractivity contribution in [2.45, 2.75) is 17.7 Å². The summed E-state index contributed by atoms with van der Waals surface area (Å²) < 4.78 is 32.0.